The highest BCUT2D eigenvalue weighted by Gasteiger charge is 2.39. The van der Waals surface area contributed by atoms with Crippen molar-refractivity contribution >= 4 is 35.8 Å². The van der Waals surface area contributed by atoms with Gasteiger partial charge in [0.1, 0.15) is 12.2 Å². The minimum absolute atomic E-state index is 0.0269. The van der Waals surface area contributed by atoms with Gasteiger partial charge in [-0.1, -0.05) is 190 Å². The first-order valence-electron chi connectivity index (χ1n) is 36.5. The molecule has 0 aromatic rings. The van der Waals surface area contributed by atoms with Gasteiger partial charge in [-0.3, -0.25) is 28.8 Å². The third-order valence-corrected chi connectivity index (χ3v) is 17.4. The summed E-state index contributed by atoms with van der Waals surface area (Å²) in [5.41, 5.74) is 0. The lowest BCUT2D eigenvalue weighted by Gasteiger charge is -2.36. The van der Waals surface area contributed by atoms with Crippen molar-refractivity contribution in [1.82, 2.24) is 0 Å². The Morgan fingerprint density at radius 1 is 0.380 bits per heavy atom. The summed E-state index contributed by atoms with van der Waals surface area (Å²) >= 11 is 0. The number of rotatable bonds is 44. The van der Waals surface area contributed by atoms with E-state index in [2.05, 4.69) is 27.7 Å². The number of carbonyl (C=O) groups excluding carboxylic acids is 2. The zero-order valence-electron chi connectivity index (χ0n) is 59.6. The van der Waals surface area contributed by atoms with Crippen LogP contribution in [0.4, 0.5) is 0 Å². The molecule has 4 heterocycles. The molecule has 100 heavy (non-hydrogen) atoms. The second-order valence-electron chi connectivity index (χ2n) is 26.2. The number of allylic oxidation sites excluding steroid dienone is 6. The van der Waals surface area contributed by atoms with E-state index in [1.165, 1.54) is 6.08 Å². The van der Waals surface area contributed by atoms with Gasteiger partial charge >= 0.3 is 35.8 Å². The van der Waals surface area contributed by atoms with E-state index in [1.807, 2.05) is 24.3 Å². The normalized spacial score (nSPS) is 27.0. The van der Waals surface area contributed by atoms with Crippen LogP contribution in [0.5, 0.6) is 0 Å². The number of unbranched alkanes of at least 4 members (excludes halogenated alkanes) is 10. The maximum Gasteiger partial charge on any atom is 0.309 e. The number of cyclic esters (lactones) is 2. The van der Waals surface area contributed by atoms with Crippen molar-refractivity contribution < 1.29 is 119 Å². The van der Waals surface area contributed by atoms with Crippen molar-refractivity contribution in [3.8, 4) is 0 Å². The Labute approximate surface area is 592 Å². The van der Waals surface area contributed by atoms with E-state index in [4.69, 9.17) is 39.4 Å². The van der Waals surface area contributed by atoms with Crippen LogP contribution >= 0.6 is 0 Å². The average molecular weight is 1420 g/mol. The number of carboxylic acid groups (broad SMARTS) is 4. The van der Waals surface area contributed by atoms with Gasteiger partial charge in [0, 0.05) is 49.4 Å². The summed E-state index contributed by atoms with van der Waals surface area (Å²) in [6.07, 6.45) is 37.7. The molecular weight excluding hydrogens is 1300 g/mol. The average Bonchev–Trinajstić information content (AvgIpc) is 0.868. The largest absolute Gasteiger partial charge is 0.481 e. The molecule has 0 aliphatic carbocycles. The van der Waals surface area contributed by atoms with Crippen molar-refractivity contribution in [2.75, 3.05) is 0 Å². The summed E-state index contributed by atoms with van der Waals surface area (Å²) in [7, 11) is 0. The Morgan fingerprint density at radius 3 is 0.940 bits per heavy atom. The fourth-order valence-corrected chi connectivity index (χ4v) is 11.5. The summed E-state index contributed by atoms with van der Waals surface area (Å²) in [4.78, 5) is 65.1. The minimum atomic E-state index is -1.04. The second-order valence-corrected chi connectivity index (χ2v) is 26.2. The molecule has 0 radical (unpaired) electrons. The van der Waals surface area contributed by atoms with Gasteiger partial charge in [0.2, 0.25) is 0 Å². The standard InChI is InChI=1S/C20H34O6.C20H32O6.C18H30O6.C18H28O6/c2*1-2-3-6-9-15(21)12-13-18-16(17(22)14-20(25)26-18)10-7-4-5-8-11-19(23)24;2*1-2-3-4-7-13(19)10-11-16-14(8-5-6-9-17(21)22)15(20)12-18(23)24-16/h4,7,12-13,15-18,20-22,25H,2-3,5-6,8-11,14H2,1H3,(H,23,24);4,7,12-13,15-18,21-22H,2-3,5-6,8-11,14H2,1H3,(H,23,24);5-6,10-11,13-16,18-20,23H,2-4,7-9,12H2,1H3,(H,21,22);5-6,10-11,13-16,19-20H,2-4,7-9,12H2,1H3,(H,21,22)/b2*7-4-,13-12+;2*6-5-,11-10+/t15-,16-,17-,18+,20?;15-,16-,17-,18+;13-,14-,15-,16+,18?;13-,14-,15-,16+/m0000/s1. The van der Waals surface area contributed by atoms with Crippen molar-refractivity contribution in [2.24, 2.45) is 23.7 Å². The lowest BCUT2D eigenvalue weighted by molar-refractivity contribution is -0.200. The predicted octanol–water partition coefficient (Wildman–Crippen LogP) is 9.93. The van der Waals surface area contributed by atoms with E-state index in [9.17, 15) is 79.8 Å². The molecular formula is C76H124O24. The molecule has 14 N–H and O–H groups in total. The van der Waals surface area contributed by atoms with Gasteiger partial charge in [-0.05, 0) is 89.2 Å². The van der Waals surface area contributed by atoms with Gasteiger partial charge in [0.15, 0.2) is 12.6 Å². The summed E-state index contributed by atoms with van der Waals surface area (Å²) in [5, 5.41) is 135. The number of hydrogen-bond donors (Lipinski definition) is 14. The zero-order valence-corrected chi connectivity index (χ0v) is 59.6. The van der Waals surface area contributed by atoms with E-state index in [0.717, 1.165) is 77.0 Å². The highest BCUT2D eigenvalue weighted by Crippen LogP contribution is 2.32. The topological polar surface area (TPSA) is 423 Å². The van der Waals surface area contributed by atoms with Crippen LogP contribution in [0.1, 0.15) is 233 Å². The first kappa shape index (κ1) is 92.3. The van der Waals surface area contributed by atoms with Crippen LogP contribution in [0, 0.1) is 23.7 Å². The number of ether oxygens (including phenoxy) is 4. The van der Waals surface area contributed by atoms with Crippen LogP contribution in [0.25, 0.3) is 0 Å². The maximum atomic E-state index is 11.6. The van der Waals surface area contributed by atoms with Gasteiger partial charge < -0.3 is 90.4 Å². The molecule has 0 spiro atoms. The Hall–Kier alpha value is -5.74. The van der Waals surface area contributed by atoms with Crippen LogP contribution in [0.3, 0.4) is 0 Å². The van der Waals surface area contributed by atoms with Gasteiger partial charge in [0.05, 0.1) is 86.7 Å². The molecule has 4 rings (SSSR count). The number of aliphatic hydroxyl groups is 10. The number of aliphatic carboxylic acids is 4. The molecule has 4 aliphatic rings. The van der Waals surface area contributed by atoms with Crippen molar-refractivity contribution in [2.45, 2.75) is 319 Å². The summed E-state index contributed by atoms with van der Waals surface area (Å²) in [6, 6.07) is 0. The van der Waals surface area contributed by atoms with Crippen LogP contribution in [-0.2, 0) is 47.7 Å². The summed E-state index contributed by atoms with van der Waals surface area (Å²) in [5.74, 6) is -5.43. The van der Waals surface area contributed by atoms with E-state index >= 15 is 0 Å². The van der Waals surface area contributed by atoms with Crippen LogP contribution in [0.15, 0.2) is 97.2 Å². The highest BCUT2D eigenvalue weighted by molar-refractivity contribution is 5.72. The maximum absolute atomic E-state index is 11.6. The smallest absolute Gasteiger partial charge is 0.309 e. The lowest BCUT2D eigenvalue weighted by atomic mass is 9.87. The SMILES string of the molecule is CCCCC[C@H](O)/C=C/[C@H]1OC(=O)C[C@H](O)[C@@H]1C/C=C\CC(=O)O.CCCCC[C@H](O)/C=C/[C@H]1OC(=O)C[C@H](O)[C@@H]1C/C=C\CCCC(=O)O.CCCCC[C@H](O)/C=C/[C@H]1OC(O)C[C@H](O)[C@@H]1C/C=C\CC(=O)O.CCCCC[C@H](O)/C=C/[C@H]1OC(O)C[C@H](O)[C@@H]1C/C=C\CCCC(=O)O. The number of hydrogen-bond acceptors (Lipinski definition) is 20. The lowest BCUT2D eigenvalue weighted by Crippen LogP contribution is -2.43. The molecule has 24 nitrogen and oxygen atoms in total. The molecule has 4 saturated heterocycles. The molecule has 0 bridgehead atoms. The Balaban J connectivity index is 0.000000667. The fourth-order valence-electron chi connectivity index (χ4n) is 11.5. The van der Waals surface area contributed by atoms with Crippen LogP contribution < -0.4 is 0 Å². The molecule has 0 saturated carbocycles. The van der Waals surface area contributed by atoms with E-state index in [-0.39, 0.29) is 75.0 Å². The monoisotopic (exact) mass is 1420 g/mol. The summed E-state index contributed by atoms with van der Waals surface area (Å²) in [6.45, 7) is 8.41. The van der Waals surface area contributed by atoms with Crippen molar-refractivity contribution in [3.63, 3.8) is 0 Å². The van der Waals surface area contributed by atoms with Gasteiger partial charge in [0.25, 0.3) is 0 Å². The number of carbonyl (C=O) groups is 6. The number of carboxylic acids is 4. The number of esters is 2. The second kappa shape index (κ2) is 56.8. The predicted molar refractivity (Wildman–Crippen MR) is 378 cm³/mol. The first-order chi connectivity index (χ1) is 47.7. The zero-order chi connectivity index (χ0) is 74.6. The third-order valence-electron chi connectivity index (χ3n) is 17.4. The Bertz CT molecular complexity index is 2470. The summed E-state index contributed by atoms with van der Waals surface area (Å²) < 4.78 is 21.6. The van der Waals surface area contributed by atoms with Gasteiger partial charge in [-0.2, -0.15) is 0 Å². The molecule has 2 unspecified atom stereocenters. The highest BCUT2D eigenvalue weighted by atomic mass is 16.6. The molecule has 24 heteroatoms. The molecule has 4 fully saturated rings. The Kier molecular flexibility index (Phi) is 52.4. The van der Waals surface area contributed by atoms with Crippen LogP contribution in [-0.4, -0.2) is 193 Å². The molecule has 0 amide bonds. The first-order valence-corrected chi connectivity index (χ1v) is 36.5. The van der Waals surface area contributed by atoms with Crippen molar-refractivity contribution in [1.29, 1.82) is 0 Å². The fraction of sp³-hybridized carbons (Fsp3) is 0.711. The van der Waals surface area contributed by atoms with Crippen LogP contribution in [0.2, 0.25) is 0 Å². The molecule has 0 aromatic carbocycles. The quantitative estimate of drug-likeness (QED) is 0.0153. The third kappa shape index (κ3) is 45.3. The van der Waals surface area contributed by atoms with E-state index in [1.54, 1.807) is 66.8 Å². The van der Waals surface area contributed by atoms with E-state index < -0.39 is 122 Å². The minimum Gasteiger partial charge on any atom is -0.481 e. The molecule has 18 atom stereocenters. The molecule has 4 aliphatic heterocycles. The van der Waals surface area contributed by atoms with Crippen molar-refractivity contribution in [3.05, 3.63) is 97.2 Å². The van der Waals surface area contributed by atoms with E-state index in [0.29, 0.717) is 77.0 Å². The Morgan fingerprint density at radius 2 is 0.660 bits per heavy atom. The molecule has 0 aromatic heterocycles. The van der Waals surface area contributed by atoms with Gasteiger partial charge in [-0.15, -0.1) is 0 Å². The number of aliphatic hydroxyl groups excluding tert-OH is 10. The van der Waals surface area contributed by atoms with Gasteiger partial charge in [-0.25, -0.2) is 0 Å². The molecule has 572 valence electrons.